The highest BCUT2D eigenvalue weighted by Crippen LogP contribution is 2.64. The number of allylic oxidation sites excluding steroid dienone is 2. The van der Waals surface area contributed by atoms with E-state index in [-0.39, 0.29) is 48.1 Å². The summed E-state index contributed by atoms with van der Waals surface area (Å²) in [4.78, 5) is 59.4. The molecular formula is C41H37N3O6. The van der Waals surface area contributed by atoms with Crippen LogP contribution < -0.4 is 5.43 Å². The number of phenols is 2. The number of benzene rings is 4. The Morgan fingerprint density at radius 3 is 2.10 bits per heavy atom. The van der Waals surface area contributed by atoms with Crippen molar-refractivity contribution in [3.05, 3.63) is 137 Å². The van der Waals surface area contributed by atoms with Crippen LogP contribution in [-0.4, -0.2) is 50.3 Å². The Hall–Kier alpha value is -5.70. The van der Waals surface area contributed by atoms with Crippen LogP contribution in [0.4, 0.5) is 5.69 Å². The van der Waals surface area contributed by atoms with Gasteiger partial charge in [0.05, 0.1) is 28.9 Å². The number of carbonyl (C=O) groups excluding carboxylic acids is 4. The van der Waals surface area contributed by atoms with Gasteiger partial charge in [-0.2, -0.15) is 5.01 Å². The number of nitrogens with one attached hydrogen (secondary N) is 1. The Bertz CT molecular complexity index is 2030. The van der Waals surface area contributed by atoms with Crippen molar-refractivity contribution in [1.82, 2.24) is 9.91 Å². The summed E-state index contributed by atoms with van der Waals surface area (Å²) in [5, 5.41) is 21.1. The second-order valence-corrected chi connectivity index (χ2v) is 13.9. The fourth-order valence-electron chi connectivity index (χ4n) is 8.98. The number of nitrogens with zero attached hydrogens (tertiary/aromatic N) is 2. The highest BCUT2D eigenvalue weighted by molar-refractivity contribution is 6.13. The first kappa shape index (κ1) is 31.6. The van der Waals surface area contributed by atoms with E-state index < -0.39 is 35.0 Å². The predicted molar refractivity (Wildman–Crippen MR) is 185 cm³/mol. The first-order valence-electron chi connectivity index (χ1n) is 17.1. The van der Waals surface area contributed by atoms with E-state index in [2.05, 4.69) is 5.43 Å². The second kappa shape index (κ2) is 12.0. The van der Waals surface area contributed by atoms with Gasteiger partial charge in [-0.1, -0.05) is 83.9 Å². The van der Waals surface area contributed by atoms with E-state index in [0.717, 1.165) is 27.3 Å². The molecule has 3 N–H and O–H groups in total. The molecule has 6 atom stereocenters. The van der Waals surface area contributed by atoms with Gasteiger partial charge in [0.15, 0.2) is 0 Å². The number of carbonyl (C=O) groups is 4. The molecule has 2 heterocycles. The largest absolute Gasteiger partial charge is 0.508 e. The van der Waals surface area contributed by atoms with Crippen molar-refractivity contribution in [2.45, 2.75) is 37.5 Å². The number of aryl methyl sites for hydroxylation is 1. The first-order chi connectivity index (χ1) is 24.2. The average molecular weight is 668 g/mol. The van der Waals surface area contributed by atoms with E-state index in [1.165, 1.54) is 4.90 Å². The molecular weight excluding hydrogens is 630 g/mol. The zero-order chi connectivity index (χ0) is 34.7. The molecule has 0 bridgehead atoms. The van der Waals surface area contributed by atoms with Crippen molar-refractivity contribution in [3.8, 4) is 11.5 Å². The second-order valence-electron chi connectivity index (χ2n) is 13.9. The maximum absolute atomic E-state index is 15.1. The highest BCUT2D eigenvalue weighted by atomic mass is 16.3. The summed E-state index contributed by atoms with van der Waals surface area (Å²) in [6, 6.07) is 30.3. The van der Waals surface area contributed by atoms with E-state index in [4.69, 9.17) is 0 Å². The fraction of sp³-hybridized carbons (Fsp3) is 0.268. The van der Waals surface area contributed by atoms with E-state index in [1.54, 1.807) is 48.5 Å². The third-order valence-electron chi connectivity index (χ3n) is 11.3. The van der Waals surface area contributed by atoms with E-state index in [1.807, 2.05) is 67.6 Å². The van der Waals surface area contributed by atoms with Crippen LogP contribution >= 0.6 is 0 Å². The lowest BCUT2D eigenvalue weighted by Gasteiger charge is -2.50. The molecule has 4 aromatic carbocycles. The minimum absolute atomic E-state index is 0.0708. The maximum Gasteiger partial charge on any atom is 0.260 e. The van der Waals surface area contributed by atoms with Crippen LogP contribution in [0.25, 0.3) is 0 Å². The predicted octanol–water partition coefficient (Wildman–Crippen LogP) is 5.63. The summed E-state index contributed by atoms with van der Waals surface area (Å²) in [6.45, 7) is 2.17. The number of anilines is 1. The Balaban J connectivity index is 1.23. The molecule has 3 fully saturated rings. The number of amides is 4. The Labute approximate surface area is 289 Å². The smallest absolute Gasteiger partial charge is 0.260 e. The van der Waals surface area contributed by atoms with Gasteiger partial charge in [-0.3, -0.25) is 29.5 Å². The van der Waals surface area contributed by atoms with Crippen LogP contribution in [0.2, 0.25) is 0 Å². The highest BCUT2D eigenvalue weighted by Gasteiger charge is 2.70. The van der Waals surface area contributed by atoms with Gasteiger partial charge in [0.25, 0.3) is 11.8 Å². The van der Waals surface area contributed by atoms with Crippen molar-refractivity contribution < 1.29 is 29.4 Å². The molecule has 9 heteroatoms. The number of rotatable bonds is 7. The number of fused-ring (bicyclic) bond motifs is 4. The summed E-state index contributed by atoms with van der Waals surface area (Å²) in [5.41, 5.74) is 6.60. The standard InChI is InChI=1S/C41H37N3O6/c1-24-7-13-28(14-8-24)42-44-38(48)34-23-33-31(19-20-32-35(33)39(49)43(37(32)47)22-21-25-9-15-29(45)16-10-25)36(26-11-17-30(46)18-12-26)41(34,40(44)50)27-5-3-2-4-6-27/h2-19,32-36,42,45-46H,20-23H2,1H3. The molecule has 4 aromatic rings. The molecule has 0 radical (unpaired) electrons. The van der Waals surface area contributed by atoms with Gasteiger partial charge in [0.2, 0.25) is 11.8 Å². The molecule has 9 nitrogen and oxygen atoms in total. The zero-order valence-corrected chi connectivity index (χ0v) is 27.5. The van der Waals surface area contributed by atoms with Crippen LogP contribution in [0.5, 0.6) is 11.5 Å². The molecule has 4 aliphatic rings. The van der Waals surface area contributed by atoms with Crippen molar-refractivity contribution in [2.24, 2.45) is 23.7 Å². The summed E-state index contributed by atoms with van der Waals surface area (Å²) in [5.74, 6) is -4.20. The number of phenolic OH excluding ortho intramolecular Hbond substituents is 2. The lowest BCUT2D eigenvalue weighted by molar-refractivity contribution is -0.141. The monoisotopic (exact) mass is 667 g/mol. The third-order valence-corrected chi connectivity index (χ3v) is 11.3. The first-order valence-corrected chi connectivity index (χ1v) is 17.1. The molecule has 50 heavy (non-hydrogen) atoms. The molecule has 1 saturated carbocycles. The minimum atomic E-state index is -1.35. The van der Waals surface area contributed by atoms with Gasteiger partial charge >= 0.3 is 0 Å². The molecule has 6 unspecified atom stereocenters. The number of hydrogen-bond acceptors (Lipinski definition) is 7. The number of hydrogen-bond donors (Lipinski definition) is 3. The van der Waals surface area contributed by atoms with Crippen LogP contribution in [-0.2, 0) is 31.0 Å². The molecule has 252 valence electrons. The van der Waals surface area contributed by atoms with Gasteiger partial charge in [-0.25, -0.2) is 0 Å². The van der Waals surface area contributed by atoms with E-state index in [9.17, 15) is 24.6 Å². The fourth-order valence-corrected chi connectivity index (χ4v) is 8.98. The molecule has 0 spiro atoms. The van der Waals surface area contributed by atoms with Crippen molar-refractivity contribution >= 4 is 29.3 Å². The van der Waals surface area contributed by atoms with Crippen LogP contribution in [0.3, 0.4) is 0 Å². The van der Waals surface area contributed by atoms with Gasteiger partial charge < -0.3 is 10.2 Å². The Morgan fingerprint density at radius 2 is 1.42 bits per heavy atom. The van der Waals surface area contributed by atoms with Crippen LogP contribution in [0, 0.1) is 30.6 Å². The van der Waals surface area contributed by atoms with Crippen LogP contribution in [0.15, 0.2) is 115 Å². The Kier molecular flexibility index (Phi) is 7.58. The summed E-state index contributed by atoms with van der Waals surface area (Å²) in [7, 11) is 0. The summed E-state index contributed by atoms with van der Waals surface area (Å²) < 4.78 is 0. The minimum Gasteiger partial charge on any atom is -0.508 e. The molecule has 2 saturated heterocycles. The lowest BCUT2D eigenvalue weighted by atomic mass is 9.49. The summed E-state index contributed by atoms with van der Waals surface area (Å²) in [6.07, 6.45) is 3.05. The molecule has 4 amide bonds. The summed E-state index contributed by atoms with van der Waals surface area (Å²) >= 11 is 0. The van der Waals surface area contributed by atoms with Gasteiger partial charge in [-0.05, 0) is 85.2 Å². The number of imide groups is 2. The van der Waals surface area contributed by atoms with Gasteiger partial charge in [-0.15, -0.1) is 0 Å². The van der Waals surface area contributed by atoms with E-state index in [0.29, 0.717) is 24.1 Å². The normalized spacial score (nSPS) is 27.1. The molecule has 2 aliphatic carbocycles. The molecule has 0 aromatic heterocycles. The lowest BCUT2D eigenvalue weighted by Crippen LogP contribution is -2.53. The Morgan fingerprint density at radius 1 is 0.760 bits per heavy atom. The quantitative estimate of drug-likeness (QED) is 0.172. The zero-order valence-electron chi connectivity index (χ0n) is 27.5. The SMILES string of the molecule is Cc1ccc(NN2C(=O)C3CC4C(=CCC5C(=O)N(CCc6ccc(O)cc6)C(=O)C54)C(c4ccc(O)cc4)C3(c3ccccc3)C2=O)cc1. The third kappa shape index (κ3) is 4.82. The van der Waals surface area contributed by atoms with E-state index >= 15 is 4.79 Å². The molecule has 2 aliphatic heterocycles. The topological polar surface area (TPSA) is 127 Å². The number of likely N-dealkylation sites (tertiary alicyclic amines) is 1. The van der Waals surface area contributed by atoms with Crippen LogP contribution in [0.1, 0.15) is 41.0 Å². The number of hydrazine groups is 1. The molecule has 8 rings (SSSR count). The average Bonchev–Trinajstić information content (AvgIpc) is 3.50. The van der Waals surface area contributed by atoms with Crippen molar-refractivity contribution in [2.75, 3.05) is 12.0 Å². The van der Waals surface area contributed by atoms with Gasteiger partial charge in [0, 0.05) is 12.5 Å². The van der Waals surface area contributed by atoms with Crippen molar-refractivity contribution in [3.63, 3.8) is 0 Å². The van der Waals surface area contributed by atoms with Crippen molar-refractivity contribution in [1.29, 1.82) is 0 Å². The van der Waals surface area contributed by atoms with Gasteiger partial charge in [0.1, 0.15) is 11.5 Å². The maximum atomic E-state index is 15.1. The number of aromatic hydroxyl groups is 2.